The van der Waals surface area contributed by atoms with Crippen molar-refractivity contribution in [1.29, 1.82) is 0 Å². The van der Waals surface area contributed by atoms with Crippen LogP contribution in [0.25, 0.3) is 0 Å². The number of thioether (sulfide) groups is 1. The van der Waals surface area contributed by atoms with Gasteiger partial charge in [0.15, 0.2) is 0 Å². The number of phenols is 1. The molecule has 8 heteroatoms. The molecule has 0 bridgehead atoms. The highest BCUT2D eigenvalue weighted by atomic mass is 35.5. The van der Waals surface area contributed by atoms with Crippen LogP contribution in [0.5, 0.6) is 5.75 Å². The molecule has 0 saturated heterocycles. The highest BCUT2D eigenvalue weighted by Crippen LogP contribution is 2.41. The smallest absolute Gasteiger partial charge is 0.265 e. The number of carbonyl (C=O) groups excluding carboxylic acids is 1. The molecule has 0 aliphatic heterocycles. The Balaban J connectivity index is 2.25. The van der Waals surface area contributed by atoms with Crippen molar-refractivity contribution in [1.82, 2.24) is 4.72 Å². The monoisotopic (exact) mass is 469 g/mol. The molecule has 164 valence electrons. The van der Waals surface area contributed by atoms with Crippen molar-refractivity contribution < 1.29 is 18.3 Å². The molecule has 2 N–H and O–H groups in total. The first-order valence-corrected chi connectivity index (χ1v) is 12.3. The lowest BCUT2D eigenvalue weighted by atomic mass is 9.79. The van der Waals surface area contributed by atoms with E-state index in [0.717, 1.165) is 16.0 Å². The molecule has 0 heterocycles. The Bertz CT molecular complexity index is 1020. The lowest BCUT2D eigenvalue weighted by Gasteiger charge is -2.28. The van der Waals surface area contributed by atoms with Gasteiger partial charge in [-0.25, -0.2) is 13.1 Å². The van der Waals surface area contributed by atoms with Crippen molar-refractivity contribution in [2.24, 2.45) is 0 Å². The van der Waals surface area contributed by atoms with Gasteiger partial charge in [0.25, 0.3) is 10.0 Å². The van der Waals surface area contributed by atoms with Gasteiger partial charge in [-0.2, -0.15) is 0 Å². The van der Waals surface area contributed by atoms with E-state index < -0.39 is 15.9 Å². The number of halogens is 1. The first kappa shape index (κ1) is 24.6. The third kappa shape index (κ3) is 5.93. The number of hydrogen-bond acceptors (Lipinski definition) is 5. The molecule has 0 radical (unpaired) electrons. The summed E-state index contributed by atoms with van der Waals surface area (Å²) in [6, 6.07) is 9.65. The second kappa shape index (κ2) is 8.81. The molecule has 5 nitrogen and oxygen atoms in total. The Labute approximate surface area is 188 Å². The van der Waals surface area contributed by atoms with Crippen LogP contribution in [0.3, 0.4) is 0 Å². The van der Waals surface area contributed by atoms with Crippen LogP contribution in [0, 0.1) is 0 Å². The highest BCUT2D eigenvalue weighted by Gasteiger charge is 2.27. The summed E-state index contributed by atoms with van der Waals surface area (Å²) in [5, 5.41) is 10.8. The molecular weight excluding hydrogens is 442 g/mol. The molecule has 2 rings (SSSR count). The zero-order valence-electron chi connectivity index (χ0n) is 18.0. The standard InChI is InChI=1S/C22H28ClNO4S2/c1-21(2,3)15-11-14(12-16(20(15)26)22(4,5)6)29-13-19(25)24-30(27,28)18-10-8-7-9-17(18)23/h7-12,26H,13H2,1-6H3,(H,24,25). The number of carbonyl (C=O) groups is 1. The highest BCUT2D eigenvalue weighted by molar-refractivity contribution is 8.00. The van der Waals surface area contributed by atoms with Crippen molar-refractivity contribution in [3.05, 3.63) is 52.5 Å². The van der Waals surface area contributed by atoms with Gasteiger partial charge in [-0.3, -0.25) is 4.79 Å². The van der Waals surface area contributed by atoms with Crippen LogP contribution in [-0.4, -0.2) is 25.2 Å². The maximum atomic E-state index is 12.4. The minimum Gasteiger partial charge on any atom is -0.507 e. The van der Waals surface area contributed by atoms with Crippen molar-refractivity contribution in [2.75, 3.05) is 5.75 Å². The minimum absolute atomic E-state index is 0.0497. The molecule has 0 aliphatic carbocycles. The maximum absolute atomic E-state index is 12.4. The van der Waals surface area contributed by atoms with E-state index in [4.69, 9.17) is 11.6 Å². The topological polar surface area (TPSA) is 83.5 Å². The number of hydrogen-bond donors (Lipinski definition) is 2. The molecule has 2 aromatic rings. The number of phenolic OH excluding ortho intramolecular Hbond substituents is 1. The van der Waals surface area contributed by atoms with E-state index >= 15 is 0 Å². The molecule has 0 spiro atoms. The van der Waals surface area contributed by atoms with Gasteiger partial charge < -0.3 is 5.11 Å². The second-order valence-corrected chi connectivity index (χ2v) is 12.2. The fraction of sp³-hybridized carbons (Fsp3) is 0.409. The van der Waals surface area contributed by atoms with Crippen LogP contribution in [-0.2, 0) is 25.6 Å². The fourth-order valence-corrected chi connectivity index (χ4v) is 5.25. The molecular formula is C22H28ClNO4S2. The molecule has 0 aliphatic rings. The third-order valence-corrected chi connectivity index (χ3v) is 7.29. The third-order valence-electron chi connectivity index (χ3n) is 4.44. The summed E-state index contributed by atoms with van der Waals surface area (Å²) in [5.41, 5.74) is 0.968. The van der Waals surface area contributed by atoms with Crippen LogP contribution in [0.15, 0.2) is 46.2 Å². The lowest BCUT2D eigenvalue weighted by Crippen LogP contribution is -2.32. The van der Waals surface area contributed by atoms with Gasteiger partial charge in [-0.15, -0.1) is 11.8 Å². The second-order valence-electron chi connectivity index (χ2n) is 9.11. The van der Waals surface area contributed by atoms with Crippen LogP contribution >= 0.6 is 23.4 Å². The summed E-state index contributed by atoms with van der Waals surface area (Å²) in [5.74, 6) is -0.491. The summed E-state index contributed by atoms with van der Waals surface area (Å²) in [6.07, 6.45) is 0. The van der Waals surface area contributed by atoms with Gasteiger partial charge in [0.2, 0.25) is 5.91 Å². The Kier molecular flexibility index (Phi) is 7.21. The molecule has 0 fully saturated rings. The predicted molar refractivity (Wildman–Crippen MR) is 123 cm³/mol. The summed E-state index contributed by atoms with van der Waals surface area (Å²) >= 11 is 7.16. The zero-order valence-corrected chi connectivity index (χ0v) is 20.4. The fourth-order valence-electron chi connectivity index (χ4n) is 2.88. The summed E-state index contributed by atoms with van der Waals surface area (Å²) in [6.45, 7) is 12.0. The van der Waals surface area contributed by atoms with Crippen molar-refractivity contribution in [3.8, 4) is 5.75 Å². The number of sulfonamides is 1. The summed E-state index contributed by atoms with van der Waals surface area (Å²) < 4.78 is 26.9. The molecule has 0 saturated carbocycles. The van der Waals surface area contributed by atoms with E-state index in [9.17, 15) is 18.3 Å². The molecule has 30 heavy (non-hydrogen) atoms. The SMILES string of the molecule is CC(C)(C)c1cc(SCC(=O)NS(=O)(=O)c2ccccc2Cl)cc(C(C)(C)C)c1O. The quantitative estimate of drug-likeness (QED) is 0.585. The van der Waals surface area contributed by atoms with Gasteiger partial charge in [0.05, 0.1) is 10.8 Å². The molecule has 0 atom stereocenters. The van der Waals surface area contributed by atoms with E-state index in [1.165, 1.54) is 30.0 Å². The Morgan fingerprint density at radius 1 is 1.03 bits per heavy atom. The van der Waals surface area contributed by atoms with Crippen LogP contribution in [0.2, 0.25) is 5.02 Å². The number of nitrogens with one attached hydrogen (secondary N) is 1. The van der Waals surface area contributed by atoms with Gasteiger partial charge >= 0.3 is 0 Å². The first-order chi connectivity index (χ1) is 13.6. The molecule has 1 amide bonds. The van der Waals surface area contributed by atoms with Crippen molar-refractivity contribution in [2.45, 2.75) is 62.2 Å². The Hall–Kier alpha value is -1.70. The van der Waals surface area contributed by atoms with E-state index in [1.807, 2.05) is 53.7 Å². The van der Waals surface area contributed by atoms with Crippen LogP contribution in [0.1, 0.15) is 52.7 Å². The predicted octanol–water partition coefficient (Wildman–Crippen LogP) is 5.24. The first-order valence-electron chi connectivity index (χ1n) is 9.44. The number of rotatable bonds is 5. The number of aromatic hydroxyl groups is 1. The maximum Gasteiger partial charge on any atom is 0.265 e. The van der Waals surface area contributed by atoms with Crippen molar-refractivity contribution in [3.63, 3.8) is 0 Å². The van der Waals surface area contributed by atoms with Crippen LogP contribution < -0.4 is 4.72 Å². The van der Waals surface area contributed by atoms with E-state index in [0.29, 0.717) is 0 Å². The summed E-state index contributed by atoms with van der Waals surface area (Å²) in [7, 11) is -4.05. The lowest BCUT2D eigenvalue weighted by molar-refractivity contribution is -0.116. The largest absolute Gasteiger partial charge is 0.507 e. The van der Waals surface area contributed by atoms with Gasteiger partial charge in [0.1, 0.15) is 10.6 Å². The Morgan fingerprint density at radius 3 is 2.00 bits per heavy atom. The van der Waals surface area contributed by atoms with Crippen LogP contribution in [0.4, 0.5) is 0 Å². The average molecular weight is 470 g/mol. The summed E-state index contributed by atoms with van der Waals surface area (Å²) in [4.78, 5) is 13.0. The van der Waals surface area contributed by atoms with E-state index in [2.05, 4.69) is 4.72 Å². The number of amides is 1. The zero-order chi connectivity index (χ0) is 22.9. The Morgan fingerprint density at radius 2 is 1.53 bits per heavy atom. The van der Waals surface area contributed by atoms with E-state index in [-0.39, 0.29) is 32.3 Å². The minimum atomic E-state index is -4.05. The number of benzene rings is 2. The molecule has 0 aromatic heterocycles. The normalized spacial score (nSPS) is 12.6. The van der Waals surface area contributed by atoms with E-state index in [1.54, 1.807) is 6.07 Å². The molecule has 2 aromatic carbocycles. The van der Waals surface area contributed by atoms with Crippen molar-refractivity contribution >= 4 is 39.3 Å². The average Bonchev–Trinajstić information content (AvgIpc) is 2.58. The van der Waals surface area contributed by atoms with Gasteiger partial charge in [-0.05, 0) is 35.1 Å². The van der Waals surface area contributed by atoms with Gasteiger partial charge in [0, 0.05) is 16.0 Å². The molecule has 0 unspecified atom stereocenters. The van der Waals surface area contributed by atoms with Gasteiger partial charge in [-0.1, -0.05) is 65.3 Å².